The molecular weight excluding hydrogens is 347 g/mol. The summed E-state index contributed by atoms with van der Waals surface area (Å²) in [4.78, 5) is 20.3. The molecule has 1 aliphatic heterocycles. The van der Waals surface area contributed by atoms with E-state index in [1.807, 2.05) is 0 Å². The van der Waals surface area contributed by atoms with Gasteiger partial charge < -0.3 is 10.6 Å². The number of anilines is 1. The highest BCUT2D eigenvalue weighted by Gasteiger charge is 2.30. The maximum absolute atomic E-state index is 12.6. The van der Waals surface area contributed by atoms with Crippen LogP contribution in [0.3, 0.4) is 0 Å². The van der Waals surface area contributed by atoms with Gasteiger partial charge in [0.2, 0.25) is 0 Å². The SMILES string of the molecule is O=C(Nc1ccnc(-c2ccc(C(F)(F)F)cc2)n1)NC1CCCNC1. The molecule has 2 amide bonds. The van der Waals surface area contributed by atoms with Crippen molar-refractivity contribution in [2.75, 3.05) is 18.4 Å². The minimum absolute atomic E-state index is 0.0555. The van der Waals surface area contributed by atoms with Crippen molar-refractivity contribution in [3.63, 3.8) is 0 Å². The van der Waals surface area contributed by atoms with E-state index in [2.05, 4.69) is 25.9 Å². The van der Waals surface area contributed by atoms with Crippen LogP contribution in [0.4, 0.5) is 23.8 Å². The summed E-state index contributed by atoms with van der Waals surface area (Å²) in [5.74, 6) is 0.507. The average molecular weight is 365 g/mol. The third-order valence-electron chi connectivity index (χ3n) is 4.00. The second kappa shape index (κ2) is 7.69. The van der Waals surface area contributed by atoms with Crippen molar-refractivity contribution in [2.45, 2.75) is 25.1 Å². The first-order valence-corrected chi connectivity index (χ1v) is 8.21. The number of rotatable bonds is 3. The second-order valence-corrected chi connectivity index (χ2v) is 5.98. The van der Waals surface area contributed by atoms with Gasteiger partial charge in [0.15, 0.2) is 5.82 Å². The lowest BCUT2D eigenvalue weighted by Crippen LogP contribution is -2.47. The molecule has 0 aliphatic carbocycles. The molecule has 1 atom stereocenters. The maximum Gasteiger partial charge on any atom is 0.416 e. The van der Waals surface area contributed by atoms with E-state index in [-0.39, 0.29) is 23.7 Å². The summed E-state index contributed by atoms with van der Waals surface area (Å²) < 4.78 is 37.9. The Morgan fingerprint density at radius 2 is 1.96 bits per heavy atom. The van der Waals surface area contributed by atoms with Gasteiger partial charge in [-0.25, -0.2) is 14.8 Å². The number of amides is 2. The van der Waals surface area contributed by atoms with Crippen LogP contribution in [0.5, 0.6) is 0 Å². The number of carbonyl (C=O) groups is 1. The number of urea groups is 1. The minimum Gasteiger partial charge on any atom is -0.334 e. The zero-order valence-electron chi connectivity index (χ0n) is 13.8. The van der Waals surface area contributed by atoms with Crippen molar-refractivity contribution in [2.24, 2.45) is 0 Å². The molecule has 1 saturated heterocycles. The van der Waals surface area contributed by atoms with Gasteiger partial charge in [-0.1, -0.05) is 12.1 Å². The van der Waals surface area contributed by atoms with E-state index < -0.39 is 11.7 Å². The maximum atomic E-state index is 12.6. The van der Waals surface area contributed by atoms with Crippen LogP contribution >= 0.6 is 0 Å². The Morgan fingerprint density at radius 3 is 2.62 bits per heavy atom. The van der Waals surface area contributed by atoms with Crippen molar-refractivity contribution in [3.05, 3.63) is 42.1 Å². The smallest absolute Gasteiger partial charge is 0.334 e. The summed E-state index contributed by atoms with van der Waals surface area (Å²) in [6, 6.07) is 5.75. The molecule has 1 fully saturated rings. The molecule has 1 aromatic carbocycles. The average Bonchev–Trinajstić information content (AvgIpc) is 2.62. The molecule has 1 aliphatic rings. The van der Waals surface area contributed by atoms with E-state index in [0.717, 1.165) is 31.5 Å². The first-order valence-electron chi connectivity index (χ1n) is 8.21. The monoisotopic (exact) mass is 365 g/mol. The number of hydrogen-bond acceptors (Lipinski definition) is 4. The first kappa shape index (κ1) is 18.1. The topological polar surface area (TPSA) is 78.9 Å². The summed E-state index contributed by atoms with van der Waals surface area (Å²) in [6.07, 6.45) is -1.05. The van der Waals surface area contributed by atoms with Gasteiger partial charge in [0, 0.05) is 24.3 Å². The Labute approximate surface area is 148 Å². The number of benzene rings is 1. The quantitative estimate of drug-likeness (QED) is 0.781. The molecule has 0 radical (unpaired) electrons. The predicted octanol–water partition coefficient (Wildman–Crippen LogP) is 3.04. The van der Waals surface area contributed by atoms with E-state index in [1.165, 1.54) is 24.4 Å². The number of hydrogen-bond donors (Lipinski definition) is 3. The van der Waals surface area contributed by atoms with E-state index in [1.54, 1.807) is 0 Å². The van der Waals surface area contributed by atoms with Gasteiger partial charge in [-0.05, 0) is 37.6 Å². The Morgan fingerprint density at radius 1 is 1.19 bits per heavy atom. The number of aromatic nitrogens is 2. The molecule has 2 heterocycles. The summed E-state index contributed by atoms with van der Waals surface area (Å²) in [7, 11) is 0. The lowest BCUT2D eigenvalue weighted by Gasteiger charge is -2.23. The molecule has 1 aromatic heterocycles. The van der Waals surface area contributed by atoms with E-state index in [4.69, 9.17) is 0 Å². The molecule has 26 heavy (non-hydrogen) atoms. The van der Waals surface area contributed by atoms with E-state index in [9.17, 15) is 18.0 Å². The molecule has 3 N–H and O–H groups in total. The normalized spacial score (nSPS) is 17.6. The van der Waals surface area contributed by atoms with Crippen molar-refractivity contribution >= 4 is 11.8 Å². The van der Waals surface area contributed by atoms with Gasteiger partial charge in [-0.15, -0.1) is 0 Å². The van der Waals surface area contributed by atoms with Gasteiger partial charge in [0.05, 0.1) is 5.56 Å². The Kier molecular flexibility index (Phi) is 5.36. The molecule has 2 aromatic rings. The zero-order chi connectivity index (χ0) is 18.6. The van der Waals surface area contributed by atoms with Crippen LogP contribution in [0, 0.1) is 0 Å². The van der Waals surface area contributed by atoms with Crippen LogP contribution in [0.25, 0.3) is 11.4 Å². The van der Waals surface area contributed by atoms with Crippen LogP contribution in [0.15, 0.2) is 36.5 Å². The largest absolute Gasteiger partial charge is 0.416 e. The number of halogens is 3. The fourth-order valence-electron chi connectivity index (χ4n) is 2.69. The van der Waals surface area contributed by atoms with Crippen LogP contribution < -0.4 is 16.0 Å². The standard InChI is InChI=1S/C17H18F3N5O/c18-17(19,20)12-5-3-11(4-6-12)15-22-9-7-14(24-15)25-16(26)23-13-2-1-8-21-10-13/h3-7,9,13,21H,1-2,8,10H2,(H2,22,23,24,25,26). The molecule has 0 saturated carbocycles. The second-order valence-electron chi connectivity index (χ2n) is 5.98. The number of carbonyl (C=O) groups excluding carboxylic acids is 1. The molecule has 6 nitrogen and oxygen atoms in total. The lowest BCUT2D eigenvalue weighted by molar-refractivity contribution is -0.137. The van der Waals surface area contributed by atoms with Crippen LogP contribution in [-0.2, 0) is 6.18 Å². The molecule has 9 heteroatoms. The Bertz CT molecular complexity index is 758. The number of nitrogens with one attached hydrogen (secondary N) is 3. The summed E-state index contributed by atoms with van der Waals surface area (Å²) >= 11 is 0. The molecule has 1 unspecified atom stereocenters. The Hall–Kier alpha value is -2.68. The predicted molar refractivity (Wildman–Crippen MR) is 90.5 cm³/mol. The molecule has 138 valence electrons. The van der Waals surface area contributed by atoms with Gasteiger partial charge >= 0.3 is 12.2 Å². The van der Waals surface area contributed by atoms with Crippen molar-refractivity contribution in [1.82, 2.24) is 20.6 Å². The highest BCUT2D eigenvalue weighted by atomic mass is 19.4. The van der Waals surface area contributed by atoms with Gasteiger partial charge in [-0.2, -0.15) is 13.2 Å². The third kappa shape index (κ3) is 4.69. The summed E-state index contributed by atoms with van der Waals surface area (Å²) in [5.41, 5.74) is -0.311. The van der Waals surface area contributed by atoms with Crippen LogP contribution in [-0.4, -0.2) is 35.1 Å². The minimum atomic E-state index is -4.39. The number of nitrogens with zero attached hydrogens (tertiary/aromatic N) is 2. The number of piperidine rings is 1. The lowest BCUT2D eigenvalue weighted by atomic mass is 10.1. The first-order chi connectivity index (χ1) is 12.4. The van der Waals surface area contributed by atoms with Crippen molar-refractivity contribution in [1.29, 1.82) is 0 Å². The highest BCUT2D eigenvalue weighted by molar-refractivity contribution is 5.88. The van der Waals surface area contributed by atoms with Gasteiger partial charge in [0.25, 0.3) is 0 Å². The molecule has 0 bridgehead atoms. The van der Waals surface area contributed by atoms with Crippen LogP contribution in [0.1, 0.15) is 18.4 Å². The van der Waals surface area contributed by atoms with Gasteiger partial charge in [-0.3, -0.25) is 5.32 Å². The van der Waals surface area contributed by atoms with Crippen LogP contribution in [0.2, 0.25) is 0 Å². The molecule has 0 spiro atoms. The van der Waals surface area contributed by atoms with Gasteiger partial charge in [0.1, 0.15) is 5.82 Å². The zero-order valence-corrected chi connectivity index (χ0v) is 13.8. The third-order valence-corrected chi connectivity index (χ3v) is 4.00. The summed E-state index contributed by atoms with van der Waals surface area (Å²) in [6.45, 7) is 1.66. The summed E-state index contributed by atoms with van der Waals surface area (Å²) in [5, 5.41) is 8.68. The fourth-order valence-corrected chi connectivity index (χ4v) is 2.69. The van der Waals surface area contributed by atoms with E-state index >= 15 is 0 Å². The Balaban J connectivity index is 1.67. The molecular formula is C17H18F3N5O. The highest BCUT2D eigenvalue weighted by Crippen LogP contribution is 2.30. The van der Waals surface area contributed by atoms with Crippen molar-refractivity contribution in [3.8, 4) is 11.4 Å². The fraction of sp³-hybridized carbons (Fsp3) is 0.353. The molecule has 3 rings (SSSR count). The van der Waals surface area contributed by atoms with E-state index in [0.29, 0.717) is 12.1 Å². The van der Waals surface area contributed by atoms with Crippen molar-refractivity contribution < 1.29 is 18.0 Å². The number of alkyl halides is 3.